The van der Waals surface area contributed by atoms with Crippen molar-refractivity contribution in [1.29, 1.82) is 0 Å². The number of amides is 1. The summed E-state index contributed by atoms with van der Waals surface area (Å²) < 4.78 is 5.48. The summed E-state index contributed by atoms with van der Waals surface area (Å²) in [4.78, 5) is 23.5. The van der Waals surface area contributed by atoms with Gasteiger partial charge in [-0.05, 0) is 40.5 Å². The predicted octanol–water partition coefficient (Wildman–Crippen LogP) is 5.32. The lowest BCUT2D eigenvalue weighted by Crippen LogP contribution is -2.26. The maximum atomic E-state index is 12.2. The van der Waals surface area contributed by atoms with Gasteiger partial charge in [0, 0.05) is 29.5 Å². The first kappa shape index (κ1) is 21.5. The summed E-state index contributed by atoms with van der Waals surface area (Å²) in [7, 11) is 0. The van der Waals surface area contributed by atoms with Crippen molar-refractivity contribution in [3.63, 3.8) is 0 Å². The standard InChI is InChI=1S/C26H20ClNO4/c27-18-13-12-17(23(15-18)25(29)30)7-5-6-14-28-26(31)32-16-24-21-10-3-1-8-19(21)20-9-2-4-11-22(20)24/h1-4,8-13,15,24H,6,14,16H2,(H,28,31)(H,29,30). The Kier molecular flexibility index (Phi) is 6.44. The van der Waals surface area contributed by atoms with E-state index in [9.17, 15) is 14.7 Å². The lowest BCUT2D eigenvalue weighted by molar-refractivity contribution is 0.0696. The number of carbonyl (C=O) groups excluding carboxylic acids is 1. The van der Waals surface area contributed by atoms with Gasteiger partial charge in [-0.3, -0.25) is 0 Å². The van der Waals surface area contributed by atoms with Crippen molar-refractivity contribution in [3.8, 4) is 23.0 Å². The van der Waals surface area contributed by atoms with Crippen LogP contribution in [0.3, 0.4) is 0 Å². The van der Waals surface area contributed by atoms with E-state index in [2.05, 4.69) is 41.4 Å². The first-order valence-electron chi connectivity index (χ1n) is 10.1. The number of hydrogen-bond acceptors (Lipinski definition) is 3. The first-order valence-corrected chi connectivity index (χ1v) is 10.5. The topological polar surface area (TPSA) is 75.6 Å². The zero-order chi connectivity index (χ0) is 22.5. The van der Waals surface area contributed by atoms with Gasteiger partial charge < -0.3 is 15.2 Å². The fourth-order valence-corrected chi connectivity index (χ4v) is 4.01. The zero-order valence-electron chi connectivity index (χ0n) is 17.1. The molecule has 6 heteroatoms. The normalized spacial score (nSPS) is 11.7. The van der Waals surface area contributed by atoms with Crippen molar-refractivity contribution < 1.29 is 19.4 Å². The lowest BCUT2D eigenvalue weighted by atomic mass is 9.98. The third kappa shape index (κ3) is 4.61. The van der Waals surface area contributed by atoms with E-state index in [0.717, 1.165) is 11.1 Å². The van der Waals surface area contributed by atoms with Crippen LogP contribution in [0.5, 0.6) is 0 Å². The van der Waals surface area contributed by atoms with Gasteiger partial charge in [-0.1, -0.05) is 72.0 Å². The van der Waals surface area contributed by atoms with Crippen LogP contribution in [0.15, 0.2) is 66.7 Å². The average Bonchev–Trinajstić information content (AvgIpc) is 3.12. The number of aromatic carboxylic acids is 1. The Morgan fingerprint density at radius 1 is 1.00 bits per heavy atom. The highest BCUT2D eigenvalue weighted by Gasteiger charge is 2.28. The molecule has 5 nitrogen and oxygen atoms in total. The highest BCUT2D eigenvalue weighted by Crippen LogP contribution is 2.44. The molecule has 0 unspecified atom stereocenters. The second-order valence-electron chi connectivity index (χ2n) is 7.30. The smallest absolute Gasteiger partial charge is 0.407 e. The first-order chi connectivity index (χ1) is 15.5. The van der Waals surface area contributed by atoms with Gasteiger partial charge >= 0.3 is 12.1 Å². The van der Waals surface area contributed by atoms with Crippen molar-refractivity contribution in [2.75, 3.05) is 13.2 Å². The molecule has 0 aromatic heterocycles. The number of alkyl carbamates (subject to hydrolysis) is 1. The molecule has 0 saturated heterocycles. The number of fused-ring (bicyclic) bond motifs is 3. The van der Waals surface area contributed by atoms with Gasteiger partial charge in [0.05, 0.1) is 5.56 Å². The molecule has 0 aliphatic heterocycles. The van der Waals surface area contributed by atoms with E-state index in [1.807, 2.05) is 24.3 Å². The molecule has 0 heterocycles. The van der Waals surface area contributed by atoms with E-state index in [1.54, 1.807) is 12.1 Å². The van der Waals surface area contributed by atoms with Gasteiger partial charge in [-0.15, -0.1) is 0 Å². The number of rotatable bonds is 5. The molecule has 2 N–H and O–H groups in total. The third-order valence-corrected chi connectivity index (χ3v) is 5.53. The van der Waals surface area contributed by atoms with Gasteiger partial charge in [0.2, 0.25) is 0 Å². The average molecular weight is 446 g/mol. The molecular weight excluding hydrogens is 426 g/mol. The van der Waals surface area contributed by atoms with Crippen LogP contribution >= 0.6 is 11.6 Å². The summed E-state index contributed by atoms with van der Waals surface area (Å²) in [5.74, 6) is 4.60. The molecule has 3 aromatic rings. The molecule has 0 atom stereocenters. The molecule has 0 radical (unpaired) electrons. The second-order valence-corrected chi connectivity index (χ2v) is 7.74. The van der Waals surface area contributed by atoms with E-state index in [4.69, 9.17) is 16.3 Å². The van der Waals surface area contributed by atoms with Gasteiger partial charge in [-0.25, -0.2) is 9.59 Å². The Morgan fingerprint density at radius 3 is 2.31 bits per heavy atom. The van der Waals surface area contributed by atoms with Crippen LogP contribution in [-0.4, -0.2) is 30.3 Å². The Labute approximate surface area is 191 Å². The molecule has 1 aliphatic carbocycles. The van der Waals surface area contributed by atoms with Crippen LogP contribution in [0.4, 0.5) is 4.79 Å². The van der Waals surface area contributed by atoms with E-state index >= 15 is 0 Å². The molecule has 1 aliphatic rings. The van der Waals surface area contributed by atoms with Gasteiger partial charge in [0.1, 0.15) is 6.61 Å². The summed E-state index contributed by atoms with van der Waals surface area (Å²) in [6, 6.07) is 20.8. The fourth-order valence-electron chi connectivity index (χ4n) is 3.84. The Bertz CT molecular complexity index is 1200. The molecule has 4 rings (SSSR count). The second kappa shape index (κ2) is 9.59. The predicted molar refractivity (Wildman–Crippen MR) is 123 cm³/mol. The minimum atomic E-state index is -1.09. The maximum Gasteiger partial charge on any atom is 0.407 e. The number of nitrogens with one attached hydrogen (secondary N) is 1. The quantitative estimate of drug-likeness (QED) is 0.411. The van der Waals surface area contributed by atoms with E-state index in [1.165, 1.54) is 17.2 Å². The largest absolute Gasteiger partial charge is 0.478 e. The van der Waals surface area contributed by atoms with Gasteiger partial charge in [-0.2, -0.15) is 0 Å². The van der Waals surface area contributed by atoms with Crippen LogP contribution < -0.4 is 5.32 Å². The lowest BCUT2D eigenvalue weighted by Gasteiger charge is -2.14. The number of ether oxygens (including phenoxy) is 1. The van der Waals surface area contributed by atoms with Crippen LogP contribution in [-0.2, 0) is 4.74 Å². The monoisotopic (exact) mass is 445 g/mol. The number of hydrogen-bond donors (Lipinski definition) is 2. The molecule has 0 fully saturated rings. The zero-order valence-corrected chi connectivity index (χ0v) is 17.9. The van der Waals surface area contributed by atoms with E-state index < -0.39 is 12.1 Å². The minimum absolute atomic E-state index is 0.00675. The highest BCUT2D eigenvalue weighted by atomic mass is 35.5. The Balaban J connectivity index is 1.30. The summed E-state index contributed by atoms with van der Waals surface area (Å²) in [6.07, 6.45) is -0.155. The van der Waals surface area contributed by atoms with Crippen molar-refractivity contribution in [1.82, 2.24) is 5.32 Å². The summed E-state index contributed by atoms with van der Waals surface area (Å²) in [5, 5.41) is 12.3. The summed E-state index contributed by atoms with van der Waals surface area (Å²) in [5.41, 5.74) is 5.09. The molecular formula is C26H20ClNO4. The Hall–Kier alpha value is -3.75. The summed E-state index contributed by atoms with van der Waals surface area (Å²) >= 11 is 5.84. The SMILES string of the molecule is O=C(NCCC#Cc1ccc(Cl)cc1C(=O)O)OCC1c2ccccc2-c2ccccc21. The number of carbonyl (C=O) groups is 2. The molecule has 3 aromatic carbocycles. The highest BCUT2D eigenvalue weighted by molar-refractivity contribution is 6.31. The van der Waals surface area contributed by atoms with Crippen molar-refractivity contribution in [2.24, 2.45) is 0 Å². The van der Waals surface area contributed by atoms with Crippen LogP contribution in [0.2, 0.25) is 5.02 Å². The maximum absolute atomic E-state index is 12.2. The van der Waals surface area contributed by atoms with Gasteiger partial charge in [0.15, 0.2) is 0 Å². The molecule has 1 amide bonds. The molecule has 32 heavy (non-hydrogen) atoms. The van der Waals surface area contributed by atoms with E-state index in [-0.39, 0.29) is 18.1 Å². The number of halogens is 1. The summed E-state index contributed by atoms with van der Waals surface area (Å²) in [6.45, 7) is 0.540. The van der Waals surface area contributed by atoms with Gasteiger partial charge in [0.25, 0.3) is 0 Å². The molecule has 0 saturated carbocycles. The van der Waals surface area contributed by atoms with Crippen LogP contribution in [0, 0.1) is 11.8 Å². The number of carboxylic acids is 1. The number of benzene rings is 3. The third-order valence-electron chi connectivity index (χ3n) is 5.30. The van der Waals surface area contributed by atoms with Crippen molar-refractivity contribution in [2.45, 2.75) is 12.3 Å². The number of carboxylic acid groups (broad SMARTS) is 1. The van der Waals surface area contributed by atoms with Crippen LogP contribution in [0.25, 0.3) is 11.1 Å². The Morgan fingerprint density at radius 2 is 1.66 bits per heavy atom. The van der Waals surface area contributed by atoms with Crippen LogP contribution in [0.1, 0.15) is 39.4 Å². The van der Waals surface area contributed by atoms with E-state index in [0.29, 0.717) is 23.6 Å². The molecule has 0 bridgehead atoms. The fraction of sp³-hybridized carbons (Fsp3) is 0.154. The van der Waals surface area contributed by atoms with Crippen molar-refractivity contribution in [3.05, 3.63) is 94.0 Å². The van der Waals surface area contributed by atoms with Crippen molar-refractivity contribution >= 4 is 23.7 Å². The minimum Gasteiger partial charge on any atom is -0.478 e. The molecule has 0 spiro atoms. The molecule has 160 valence electrons.